The molecular formula is C55H34N2OS. The second kappa shape index (κ2) is 11.6. The fourth-order valence-electron chi connectivity index (χ4n) is 11.1. The van der Waals surface area contributed by atoms with Gasteiger partial charge in [0.25, 0.3) is 0 Å². The van der Waals surface area contributed by atoms with Crippen LogP contribution in [0, 0.1) is 0 Å². The third kappa shape index (κ3) is 4.04. The van der Waals surface area contributed by atoms with E-state index in [9.17, 15) is 0 Å². The summed E-state index contributed by atoms with van der Waals surface area (Å²) < 4.78 is 11.7. The lowest BCUT2D eigenvalue weighted by Crippen LogP contribution is -2.33. The largest absolute Gasteiger partial charge is 0.455 e. The van der Waals surface area contributed by atoms with Gasteiger partial charge in [0.05, 0.1) is 32.9 Å². The van der Waals surface area contributed by atoms with Gasteiger partial charge in [-0.05, 0) is 119 Å². The van der Waals surface area contributed by atoms with Crippen LogP contribution >= 0.6 is 11.8 Å². The van der Waals surface area contributed by atoms with Crippen molar-refractivity contribution in [2.45, 2.75) is 23.2 Å². The predicted octanol–water partition coefficient (Wildman–Crippen LogP) is 14.8. The molecule has 0 saturated heterocycles. The molecule has 276 valence electrons. The van der Waals surface area contributed by atoms with Crippen LogP contribution in [0.2, 0.25) is 0 Å². The second-order valence-corrected chi connectivity index (χ2v) is 17.3. The van der Waals surface area contributed by atoms with Gasteiger partial charge in [0.1, 0.15) is 11.2 Å². The molecule has 1 atom stereocenters. The van der Waals surface area contributed by atoms with Crippen LogP contribution in [0.25, 0.3) is 88.1 Å². The maximum absolute atomic E-state index is 6.80. The summed E-state index contributed by atoms with van der Waals surface area (Å²) in [7, 11) is 0. The van der Waals surface area contributed by atoms with Crippen molar-refractivity contribution in [2.75, 3.05) is 0 Å². The quantitative estimate of drug-likeness (QED) is 0.175. The number of para-hydroxylation sites is 3. The molecule has 1 unspecified atom stereocenters. The molecule has 0 saturated carbocycles. The Labute approximate surface area is 344 Å². The smallest absolute Gasteiger partial charge is 0.145 e. The summed E-state index contributed by atoms with van der Waals surface area (Å²) in [6.07, 6.45) is 6.84. The lowest BCUT2D eigenvalue weighted by Gasteiger charge is -2.42. The number of hydrogen-bond donors (Lipinski definition) is 0. The van der Waals surface area contributed by atoms with Gasteiger partial charge in [-0.25, -0.2) is 0 Å². The van der Waals surface area contributed by atoms with E-state index < -0.39 is 0 Å². The molecule has 0 amide bonds. The number of allylic oxidation sites excluding steroid dienone is 3. The van der Waals surface area contributed by atoms with Crippen molar-refractivity contribution in [1.82, 2.24) is 9.13 Å². The third-order valence-electron chi connectivity index (χ3n) is 13.4. The second-order valence-electron chi connectivity index (χ2n) is 16.3. The zero-order chi connectivity index (χ0) is 38.4. The molecule has 8 aromatic carbocycles. The Bertz CT molecular complexity index is 3690. The van der Waals surface area contributed by atoms with Crippen LogP contribution in [0.3, 0.4) is 0 Å². The average Bonchev–Trinajstić information content (AvgIpc) is 4.01. The van der Waals surface area contributed by atoms with Gasteiger partial charge in [0.2, 0.25) is 0 Å². The van der Waals surface area contributed by atoms with Gasteiger partial charge in [-0.3, -0.25) is 0 Å². The number of fused-ring (bicyclic) bond motifs is 18. The fourth-order valence-corrected chi connectivity index (χ4v) is 12.4. The van der Waals surface area contributed by atoms with Gasteiger partial charge in [-0.2, -0.15) is 0 Å². The van der Waals surface area contributed by atoms with Crippen molar-refractivity contribution in [1.29, 1.82) is 0 Å². The summed E-state index contributed by atoms with van der Waals surface area (Å²) in [4.78, 5) is 2.74. The molecular weight excluding hydrogens is 737 g/mol. The number of thioether (sulfide) groups is 1. The molecule has 1 spiro atoms. The summed E-state index contributed by atoms with van der Waals surface area (Å²) in [5, 5.41) is 7.11. The first-order valence-corrected chi connectivity index (χ1v) is 21.4. The highest BCUT2D eigenvalue weighted by Gasteiger charge is 2.51. The highest BCUT2D eigenvalue weighted by Crippen LogP contribution is 2.64. The zero-order valence-electron chi connectivity index (χ0n) is 31.9. The maximum atomic E-state index is 6.80. The average molecular weight is 771 g/mol. The molecule has 3 nitrogen and oxygen atoms in total. The molecule has 2 aliphatic carbocycles. The molecule has 4 heteroatoms. The molecule has 3 aliphatic rings. The Morgan fingerprint density at radius 2 is 1.17 bits per heavy atom. The highest BCUT2D eigenvalue weighted by molar-refractivity contribution is 8.03. The van der Waals surface area contributed by atoms with E-state index in [0.29, 0.717) is 0 Å². The van der Waals surface area contributed by atoms with Gasteiger partial charge in [-0.1, -0.05) is 121 Å². The minimum atomic E-state index is -0.377. The van der Waals surface area contributed by atoms with Crippen molar-refractivity contribution < 1.29 is 4.42 Å². The summed E-state index contributed by atoms with van der Waals surface area (Å²) in [5.41, 5.74) is 16.8. The molecule has 1 aliphatic heterocycles. The van der Waals surface area contributed by atoms with Crippen LogP contribution in [0.4, 0.5) is 0 Å². The molecule has 0 N–H and O–H groups in total. The molecule has 0 fully saturated rings. The summed E-state index contributed by atoms with van der Waals surface area (Å²) in [6, 6.07) is 63.1. The first-order chi connectivity index (χ1) is 29.3. The fraction of sp³-hybridized carbons (Fsp3) is 0.0545. The van der Waals surface area contributed by atoms with Crippen LogP contribution in [0.5, 0.6) is 0 Å². The van der Waals surface area contributed by atoms with Crippen LogP contribution < -0.4 is 0 Å². The van der Waals surface area contributed by atoms with Gasteiger partial charge in [-0.15, -0.1) is 0 Å². The van der Waals surface area contributed by atoms with Crippen molar-refractivity contribution in [3.8, 4) is 22.5 Å². The zero-order valence-corrected chi connectivity index (χ0v) is 32.8. The van der Waals surface area contributed by atoms with Gasteiger partial charge in [0.15, 0.2) is 0 Å². The normalized spacial score (nSPS) is 16.9. The Morgan fingerprint density at radius 1 is 0.492 bits per heavy atom. The molecule has 11 aromatic rings. The third-order valence-corrected chi connectivity index (χ3v) is 14.6. The number of benzene rings is 8. The maximum Gasteiger partial charge on any atom is 0.145 e. The number of aromatic nitrogens is 2. The molecule has 0 bridgehead atoms. The van der Waals surface area contributed by atoms with E-state index in [1.165, 1.54) is 70.4 Å². The van der Waals surface area contributed by atoms with Crippen LogP contribution in [-0.4, -0.2) is 9.13 Å². The lowest BCUT2D eigenvalue weighted by molar-refractivity contribution is 0.673. The van der Waals surface area contributed by atoms with Gasteiger partial charge >= 0.3 is 0 Å². The van der Waals surface area contributed by atoms with Crippen molar-refractivity contribution >= 4 is 77.3 Å². The van der Waals surface area contributed by atoms with Gasteiger partial charge < -0.3 is 13.6 Å². The first-order valence-electron chi connectivity index (χ1n) is 20.6. The SMILES string of the molecule is C1=CC2=C(CC1)C1(c3ccccc3S2)c2ccccc2-c2cc3c4cc5c6c7oc8ccccc8c7ccc6n(-c6ccccc6)c5cc4n(-c4ccccc4)c3cc21. The summed E-state index contributed by atoms with van der Waals surface area (Å²) >= 11 is 1.94. The number of furan rings is 1. The van der Waals surface area contributed by atoms with Gasteiger partial charge in [0, 0.05) is 48.1 Å². The standard InChI is InChI=1S/C55H34N2OS/c1-3-15-33(16-4-1)56-46-28-27-37-36-20-8-12-24-50(36)58-54(37)53(46)41-30-40-39-29-38-35-19-7-9-21-42(35)55(43-22-10-13-25-51(43)59-52-26-14-11-23-44(52)55)45(38)31-47(39)57(48(40)32-49(41)56)34-17-5-2-6-18-34/h1-10,12-22,24-32H,11,23H2. The van der Waals surface area contributed by atoms with E-state index in [2.05, 4.69) is 191 Å². The Balaban J connectivity index is 1.17. The van der Waals surface area contributed by atoms with Crippen LogP contribution in [0.1, 0.15) is 29.5 Å². The predicted molar refractivity (Wildman–Crippen MR) is 245 cm³/mol. The van der Waals surface area contributed by atoms with E-state index in [0.717, 1.165) is 62.6 Å². The van der Waals surface area contributed by atoms with Crippen LogP contribution in [0.15, 0.2) is 202 Å². The molecule has 59 heavy (non-hydrogen) atoms. The van der Waals surface area contributed by atoms with E-state index in [1.807, 2.05) is 11.8 Å². The summed E-state index contributed by atoms with van der Waals surface area (Å²) in [5.74, 6) is 0. The lowest BCUT2D eigenvalue weighted by atomic mass is 9.65. The first kappa shape index (κ1) is 32.0. The van der Waals surface area contributed by atoms with E-state index in [4.69, 9.17) is 4.42 Å². The van der Waals surface area contributed by atoms with Crippen molar-refractivity contribution in [2.24, 2.45) is 0 Å². The van der Waals surface area contributed by atoms with Crippen LogP contribution in [-0.2, 0) is 5.41 Å². The minimum Gasteiger partial charge on any atom is -0.455 e. The number of nitrogens with zero attached hydrogens (tertiary/aromatic N) is 2. The number of rotatable bonds is 2. The summed E-state index contributed by atoms with van der Waals surface area (Å²) in [6.45, 7) is 0. The molecule has 4 heterocycles. The van der Waals surface area contributed by atoms with E-state index in [-0.39, 0.29) is 5.41 Å². The molecule has 14 rings (SSSR count). The number of hydrogen-bond acceptors (Lipinski definition) is 2. The Morgan fingerprint density at radius 3 is 2.02 bits per heavy atom. The topological polar surface area (TPSA) is 23.0 Å². The monoisotopic (exact) mass is 770 g/mol. The van der Waals surface area contributed by atoms with E-state index >= 15 is 0 Å². The Hall–Kier alpha value is -7.01. The minimum absolute atomic E-state index is 0.377. The molecule has 3 aromatic heterocycles. The van der Waals surface area contributed by atoms with Crippen molar-refractivity contribution in [3.05, 3.63) is 209 Å². The van der Waals surface area contributed by atoms with Crippen molar-refractivity contribution in [3.63, 3.8) is 0 Å². The molecule has 0 radical (unpaired) electrons. The highest BCUT2D eigenvalue weighted by atomic mass is 32.2. The Kier molecular flexibility index (Phi) is 6.27. The van der Waals surface area contributed by atoms with E-state index in [1.54, 1.807) is 0 Å².